The van der Waals surface area contributed by atoms with Crippen LogP contribution < -0.4 is 21.0 Å². The normalized spacial score (nSPS) is 11.9. The predicted octanol–water partition coefficient (Wildman–Crippen LogP) is 1.73. The van der Waals surface area contributed by atoms with Crippen molar-refractivity contribution >= 4 is 11.4 Å². The summed E-state index contributed by atoms with van der Waals surface area (Å²) in [5.41, 5.74) is -3.44. The highest BCUT2D eigenvalue weighted by atomic mass is 19.1. The van der Waals surface area contributed by atoms with Crippen molar-refractivity contribution in [3.05, 3.63) is 99.1 Å². The molecule has 0 fully saturated rings. The molecule has 0 aliphatic heterocycles. The first-order valence-corrected chi connectivity index (χ1v) is 9.69. The number of nitrogens with one attached hydrogen (secondary N) is 1. The second-order valence-corrected chi connectivity index (χ2v) is 7.16. The summed E-state index contributed by atoms with van der Waals surface area (Å²) in [6.45, 7) is 8.37. The third-order valence-corrected chi connectivity index (χ3v) is 5.01. The zero-order chi connectivity index (χ0) is 24.4. The molecule has 1 aromatic carbocycles. The number of halogens is 3. The average Bonchev–Trinajstić information content (AvgIpc) is 2.76. The van der Waals surface area contributed by atoms with Crippen molar-refractivity contribution in [3.8, 4) is 5.75 Å². The summed E-state index contributed by atoms with van der Waals surface area (Å²) in [5, 5.41) is 12.7. The lowest BCUT2D eigenvalue weighted by Gasteiger charge is -2.13. The van der Waals surface area contributed by atoms with E-state index in [0.717, 1.165) is 10.7 Å². The van der Waals surface area contributed by atoms with E-state index in [9.17, 15) is 32.7 Å². The summed E-state index contributed by atoms with van der Waals surface area (Å²) >= 11 is 0. The zero-order valence-electron chi connectivity index (χ0n) is 17.5. The van der Waals surface area contributed by atoms with Crippen LogP contribution in [0.4, 0.5) is 13.2 Å². The molecule has 0 aliphatic rings. The number of pyridine rings is 1. The molecule has 172 valence electrons. The number of aromatic hydroxyl groups is 1. The van der Waals surface area contributed by atoms with Gasteiger partial charge in [0.1, 0.15) is 35.6 Å². The number of hydrogen-bond donors (Lipinski definition) is 2. The van der Waals surface area contributed by atoms with Gasteiger partial charge in [-0.05, 0) is 19.1 Å². The predicted molar refractivity (Wildman–Crippen MR) is 112 cm³/mol. The summed E-state index contributed by atoms with van der Waals surface area (Å²) in [6.07, 6.45) is 5.40. The monoisotopic (exact) mass is 461 g/mol. The Balaban J connectivity index is 2.12. The molecule has 0 aliphatic carbocycles. The maximum absolute atomic E-state index is 13.8. The van der Waals surface area contributed by atoms with E-state index in [1.54, 1.807) is 6.92 Å². The molecule has 0 spiro atoms. The number of carbonyl (C=O) groups excluding carboxylic acids is 1. The fourth-order valence-electron chi connectivity index (χ4n) is 3.20. The molecular formula is C22H20F3N4O4+. The smallest absolute Gasteiger partial charge is 0.365 e. The molecule has 0 unspecified atom stereocenters. The molecule has 0 saturated carbocycles. The number of benzene rings is 1. The van der Waals surface area contributed by atoms with Gasteiger partial charge in [0.2, 0.25) is 16.7 Å². The summed E-state index contributed by atoms with van der Waals surface area (Å²) in [7, 11) is 0. The van der Waals surface area contributed by atoms with Gasteiger partial charge in [-0.1, -0.05) is 13.2 Å². The SMILES string of the molecule is C=CC[n+]1cn([C@@H](C)C=C)c(=O)c2c(O)c(=O)c(C(=O)NCc3c(F)cc(F)cc3F)cn21. The van der Waals surface area contributed by atoms with Gasteiger partial charge < -0.3 is 10.4 Å². The number of aromatic nitrogens is 3. The zero-order valence-corrected chi connectivity index (χ0v) is 17.5. The molecule has 0 radical (unpaired) electrons. The van der Waals surface area contributed by atoms with Gasteiger partial charge in [-0.25, -0.2) is 18.0 Å². The fraction of sp³-hybridized carbons (Fsp3) is 0.182. The highest BCUT2D eigenvalue weighted by molar-refractivity contribution is 5.94. The third kappa shape index (κ3) is 4.29. The van der Waals surface area contributed by atoms with Gasteiger partial charge in [-0.3, -0.25) is 9.59 Å². The maximum atomic E-state index is 13.8. The number of fused-ring (bicyclic) bond motifs is 1. The number of rotatable bonds is 7. The molecular weight excluding hydrogens is 441 g/mol. The van der Waals surface area contributed by atoms with Crippen LogP contribution in [-0.4, -0.2) is 20.1 Å². The molecule has 2 N–H and O–H groups in total. The van der Waals surface area contributed by atoms with Crippen LogP contribution in [0.1, 0.15) is 28.9 Å². The molecule has 3 aromatic rings. The molecule has 8 nitrogen and oxygen atoms in total. The van der Waals surface area contributed by atoms with Crippen molar-refractivity contribution in [2.45, 2.75) is 26.1 Å². The topological polar surface area (TPSA) is 96.7 Å². The van der Waals surface area contributed by atoms with Gasteiger partial charge in [0, 0.05) is 24.2 Å². The van der Waals surface area contributed by atoms with E-state index >= 15 is 0 Å². The van der Waals surface area contributed by atoms with Crippen LogP contribution in [0, 0.1) is 17.5 Å². The van der Waals surface area contributed by atoms with Gasteiger partial charge in [0.05, 0.1) is 6.20 Å². The highest BCUT2D eigenvalue weighted by Gasteiger charge is 2.25. The summed E-state index contributed by atoms with van der Waals surface area (Å²) in [6, 6.07) is 0.431. The van der Waals surface area contributed by atoms with Crippen LogP contribution in [0.15, 0.2) is 59.6 Å². The number of hydrogen-bond acceptors (Lipinski definition) is 4. The maximum Gasteiger partial charge on any atom is 0.365 e. The number of nitrogens with zero attached hydrogens (tertiary/aromatic N) is 3. The van der Waals surface area contributed by atoms with Gasteiger partial charge in [0.15, 0.2) is 0 Å². The fourth-order valence-corrected chi connectivity index (χ4v) is 3.20. The minimum Gasteiger partial charge on any atom is -0.502 e. The lowest BCUT2D eigenvalue weighted by atomic mass is 10.1. The van der Waals surface area contributed by atoms with Gasteiger partial charge in [-0.15, -0.1) is 0 Å². The Morgan fingerprint density at radius 2 is 1.88 bits per heavy atom. The number of amides is 1. The van der Waals surface area contributed by atoms with Crippen LogP contribution in [-0.2, 0) is 13.1 Å². The average molecular weight is 461 g/mol. The standard InChI is InChI=1S/C22H19F3N4O4/c1-4-6-27-11-28(12(3)5-2)22(33)18-20(31)19(30)15(10-29(18)27)21(32)26-9-14-16(24)7-13(23)8-17(14)25/h4-5,7-8,10-12H,1-2,6,9H2,3H3,(H-,26,31,32,33)/p+1/t12-/m0/s1. The lowest BCUT2D eigenvalue weighted by molar-refractivity contribution is -0.759. The molecule has 2 aromatic heterocycles. The Hall–Kier alpha value is -4.15. The minimum atomic E-state index is -1.22. The first kappa shape index (κ1) is 23.5. The summed E-state index contributed by atoms with van der Waals surface area (Å²) in [4.78, 5) is 38.2. The Bertz CT molecular complexity index is 1390. The Kier molecular flexibility index (Phi) is 6.52. The van der Waals surface area contributed by atoms with Gasteiger partial charge in [-0.2, -0.15) is 13.8 Å². The van der Waals surface area contributed by atoms with Crippen molar-refractivity contribution in [1.29, 1.82) is 0 Å². The van der Waals surface area contributed by atoms with E-state index < -0.39 is 63.8 Å². The van der Waals surface area contributed by atoms with E-state index in [1.165, 1.54) is 27.7 Å². The Morgan fingerprint density at radius 3 is 2.45 bits per heavy atom. The Morgan fingerprint density at radius 1 is 1.24 bits per heavy atom. The lowest BCUT2D eigenvalue weighted by Crippen LogP contribution is -2.48. The molecule has 2 heterocycles. The number of allylic oxidation sites excluding steroid dienone is 2. The van der Waals surface area contributed by atoms with E-state index in [1.807, 2.05) is 0 Å². The van der Waals surface area contributed by atoms with Crippen molar-refractivity contribution in [3.63, 3.8) is 0 Å². The van der Waals surface area contributed by atoms with E-state index in [0.29, 0.717) is 12.1 Å². The highest BCUT2D eigenvalue weighted by Crippen LogP contribution is 2.15. The van der Waals surface area contributed by atoms with Crippen molar-refractivity contribution < 1.29 is 27.8 Å². The molecule has 33 heavy (non-hydrogen) atoms. The van der Waals surface area contributed by atoms with Gasteiger partial charge in [0.25, 0.3) is 12.2 Å². The first-order valence-electron chi connectivity index (χ1n) is 9.69. The molecule has 1 amide bonds. The Labute approximate surface area is 185 Å². The largest absolute Gasteiger partial charge is 0.502 e. The van der Waals surface area contributed by atoms with Crippen LogP contribution in [0.25, 0.3) is 5.52 Å². The van der Waals surface area contributed by atoms with E-state index in [2.05, 4.69) is 18.5 Å². The molecule has 3 rings (SSSR count). The molecule has 11 heteroatoms. The van der Waals surface area contributed by atoms with E-state index in [-0.39, 0.29) is 12.1 Å². The van der Waals surface area contributed by atoms with Crippen molar-refractivity contribution in [2.24, 2.45) is 0 Å². The minimum absolute atomic E-state index is 0.135. The molecule has 0 saturated heterocycles. The van der Waals surface area contributed by atoms with Gasteiger partial charge >= 0.3 is 5.56 Å². The van der Waals surface area contributed by atoms with Crippen LogP contribution >= 0.6 is 0 Å². The second-order valence-electron chi connectivity index (χ2n) is 7.16. The molecule has 1 atom stereocenters. The third-order valence-electron chi connectivity index (χ3n) is 5.01. The summed E-state index contributed by atoms with van der Waals surface area (Å²) in [5.74, 6) is -5.60. The van der Waals surface area contributed by atoms with Crippen molar-refractivity contribution in [2.75, 3.05) is 0 Å². The summed E-state index contributed by atoms with van der Waals surface area (Å²) < 4.78 is 44.5. The van der Waals surface area contributed by atoms with Crippen LogP contribution in [0.2, 0.25) is 0 Å². The first-order chi connectivity index (χ1) is 15.6. The van der Waals surface area contributed by atoms with Crippen molar-refractivity contribution in [1.82, 2.24) is 14.4 Å². The van der Waals surface area contributed by atoms with Crippen LogP contribution in [0.3, 0.4) is 0 Å². The second kappa shape index (κ2) is 9.15. The van der Waals surface area contributed by atoms with Crippen LogP contribution in [0.5, 0.6) is 5.75 Å². The molecule has 0 bridgehead atoms. The number of carbonyl (C=O) groups is 1. The quantitative estimate of drug-likeness (QED) is 0.414. The van der Waals surface area contributed by atoms with E-state index in [4.69, 9.17) is 0 Å².